The molecule has 0 unspecified atom stereocenters. The number of hydrogen-bond acceptors (Lipinski definition) is 5. The average Bonchev–Trinajstić information content (AvgIpc) is 3.71. The summed E-state index contributed by atoms with van der Waals surface area (Å²) in [6, 6.07) is 50.4. The maximum Gasteiger partial charge on any atom is 0.167 e. The van der Waals surface area contributed by atoms with E-state index in [0.717, 1.165) is 68.6 Å². The lowest BCUT2D eigenvalue weighted by atomic mass is 9.48. The smallest absolute Gasteiger partial charge is 0.167 e. The van der Waals surface area contributed by atoms with Crippen molar-refractivity contribution in [3.05, 3.63) is 150 Å². The van der Waals surface area contributed by atoms with Gasteiger partial charge in [-0.05, 0) is 181 Å². The van der Waals surface area contributed by atoms with E-state index in [1.807, 2.05) is 30.3 Å². The fraction of sp³-hybridized carbons (Fsp3) is 0.333. The zero-order valence-corrected chi connectivity index (χ0v) is 36.8. The number of furan rings is 1. The minimum atomic E-state index is 0.400. The van der Waals surface area contributed by atoms with Crippen molar-refractivity contribution in [2.24, 2.45) is 35.5 Å². The molecule has 8 aromatic rings. The minimum Gasteiger partial charge on any atom is -0.455 e. The van der Waals surface area contributed by atoms with Crippen molar-refractivity contribution in [2.75, 3.05) is 0 Å². The third-order valence-electron chi connectivity index (χ3n) is 17.5. The molecule has 5 nitrogen and oxygen atoms in total. The standard InChI is InChI=1S/C60H52N4O/c61-35-36-4-21-54-53(28-36)51-2-1-3-52(55(51)65-54)58-63-56(47-9-5-43(6-10-47)45-13-17-49(18-14-45)59-29-37-22-38(30-59)24-39(23-37)31-59)62-57(64-58)48-11-7-44(8-12-48)46-15-19-50(20-16-46)60-32-40-25-41(33-60)27-42(26-40)34-60/h1-21,28,37-42H,22-27,29-34H2. The van der Waals surface area contributed by atoms with Crippen LogP contribution in [0.2, 0.25) is 0 Å². The molecule has 8 aliphatic carbocycles. The molecule has 0 amide bonds. The lowest BCUT2D eigenvalue weighted by Crippen LogP contribution is -2.48. The van der Waals surface area contributed by atoms with Crippen LogP contribution in [0.15, 0.2) is 138 Å². The summed E-state index contributed by atoms with van der Waals surface area (Å²) in [6.45, 7) is 0. The van der Waals surface area contributed by atoms with Crippen LogP contribution in [0.1, 0.15) is 93.7 Å². The summed E-state index contributed by atoms with van der Waals surface area (Å²) in [5.74, 6) is 7.39. The van der Waals surface area contributed by atoms with Gasteiger partial charge in [-0.15, -0.1) is 0 Å². The second kappa shape index (κ2) is 14.3. The molecule has 0 atom stereocenters. The van der Waals surface area contributed by atoms with Gasteiger partial charge in [-0.25, -0.2) is 15.0 Å². The van der Waals surface area contributed by atoms with Gasteiger partial charge in [0.2, 0.25) is 0 Å². The Morgan fingerprint density at radius 2 is 0.831 bits per heavy atom. The van der Waals surface area contributed by atoms with Gasteiger partial charge < -0.3 is 4.42 Å². The first-order valence-corrected chi connectivity index (χ1v) is 24.5. The molecule has 2 heterocycles. The molecule has 2 aromatic heterocycles. The molecule has 0 aliphatic heterocycles. The Hall–Kier alpha value is -6.38. The van der Waals surface area contributed by atoms with E-state index < -0.39 is 0 Å². The van der Waals surface area contributed by atoms with E-state index in [-0.39, 0.29) is 0 Å². The van der Waals surface area contributed by atoms with Crippen molar-refractivity contribution < 1.29 is 4.42 Å². The first kappa shape index (κ1) is 37.9. The maximum atomic E-state index is 9.67. The molecule has 0 saturated heterocycles. The van der Waals surface area contributed by atoms with E-state index in [9.17, 15) is 5.26 Å². The Balaban J connectivity index is 0.800. The third-order valence-corrected chi connectivity index (χ3v) is 17.5. The lowest BCUT2D eigenvalue weighted by molar-refractivity contribution is -0.00530. The molecule has 6 aromatic carbocycles. The van der Waals surface area contributed by atoms with Gasteiger partial charge >= 0.3 is 0 Å². The molecule has 318 valence electrons. The molecular formula is C60H52N4O. The van der Waals surface area contributed by atoms with E-state index in [1.54, 1.807) is 17.2 Å². The van der Waals surface area contributed by atoms with Gasteiger partial charge in [0.25, 0.3) is 0 Å². The number of benzene rings is 6. The van der Waals surface area contributed by atoms with Gasteiger partial charge in [0.15, 0.2) is 17.5 Å². The van der Waals surface area contributed by atoms with Crippen LogP contribution in [0.3, 0.4) is 0 Å². The van der Waals surface area contributed by atoms with Crippen LogP contribution in [0, 0.1) is 46.8 Å². The van der Waals surface area contributed by atoms with Crippen molar-refractivity contribution in [2.45, 2.75) is 87.9 Å². The predicted molar refractivity (Wildman–Crippen MR) is 259 cm³/mol. The predicted octanol–water partition coefficient (Wildman–Crippen LogP) is 14.9. The summed E-state index contributed by atoms with van der Waals surface area (Å²) >= 11 is 0. The SMILES string of the molecule is N#Cc1ccc2oc3c(-c4nc(-c5ccc(-c6ccc(C78CC9CC(CC(C9)C7)C8)cc6)cc5)nc(-c5ccc(-c6ccc(C78CC9CC(CC(C9)C7)C8)cc6)cc5)n4)cccc3c2c1. The highest BCUT2D eigenvalue weighted by Gasteiger charge is 2.52. The normalized spacial score (nSPS) is 28.3. The molecule has 0 spiro atoms. The van der Waals surface area contributed by atoms with Crippen LogP contribution >= 0.6 is 0 Å². The summed E-state index contributed by atoms with van der Waals surface area (Å²) < 4.78 is 6.50. The van der Waals surface area contributed by atoms with Crippen molar-refractivity contribution in [1.82, 2.24) is 15.0 Å². The first-order chi connectivity index (χ1) is 31.9. The fourth-order valence-electron chi connectivity index (χ4n) is 15.4. The summed E-state index contributed by atoms with van der Waals surface area (Å²) in [5, 5.41) is 11.5. The molecule has 5 heteroatoms. The van der Waals surface area contributed by atoms with Gasteiger partial charge in [-0.2, -0.15) is 5.26 Å². The van der Waals surface area contributed by atoms with Crippen molar-refractivity contribution in [3.8, 4) is 62.5 Å². The maximum absolute atomic E-state index is 9.67. The Labute approximate surface area is 381 Å². The highest BCUT2D eigenvalue weighted by atomic mass is 16.3. The van der Waals surface area contributed by atoms with E-state index >= 15 is 0 Å². The third kappa shape index (κ3) is 6.27. The van der Waals surface area contributed by atoms with Gasteiger partial charge in [-0.1, -0.05) is 109 Å². The first-order valence-electron chi connectivity index (χ1n) is 24.5. The second-order valence-electron chi connectivity index (χ2n) is 21.6. The molecule has 8 bridgehead atoms. The molecule has 0 radical (unpaired) electrons. The highest BCUT2D eigenvalue weighted by molar-refractivity contribution is 6.09. The van der Waals surface area contributed by atoms with E-state index in [1.165, 1.54) is 99.3 Å². The van der Waals surface area contributed by atoms with Crippen LogP contribution in [0.4, 0.5) is 0 Å². The number of nitriles is 1. The highest BCUT2D eigenvalue weighted by Crippen LogP contribution is 2.62. The summed E-state index contributed by atoms with van der Waals surface area (Å²) in [5.41, 5.74) is 13.4. The quantitative estimate of drug-likeness (QED) is 0.160. The van der Waals surface area contributed by atoms with Gasteiger partial charge in [0.05, 0.1) is 17.2 Å². The number of para-hydroxylation sites is 1. The van der Waals surface area contributed by atoms with E-state index in [2.05, 4.69) is 103 Å². The van der Waals surface area contributed by atoms with Crippen LogP contribution in [0.5, 0.6) is 0 Å². The number of nitrogens with zero attached hydrogens (tertiary/aromatic N) is 4. The van der Waals surface area contributed by atoms with Crippen LogP contribution in [-0.4, -0.2) is 15.0 Å². The van der Waals surface area contributed by atoms with Crippen LogP contribution in [0.25, 0.3) is 78.4 Å². The molecule has 65 heavy (non-hydrogen) atoms. The Morgan fingerprint density at radius 3 is 1.26 bits per heavy atom. The lowest BCUT2D eigenvalue weighted by Gasteiger charge is -2.57. The fourth-order valence-corrected chi connectivity index (χ4v) is 15.4. The number of rotatable bonds is 7. The molecule has 8 saturated carbocycles. The Morgan fingerprint density at radius 1 is 0.431 bits per heavy atom. The molecule has 8 aliphatic rings. The van der Waals surface area contributed by atoms with Gasteiger partial charge in [0.1, 0.15) is 11.2 Å². The molecule has 16 rings (SSSR count). The second-order valence-corrected chi connectivity index (χ2v) is 21.6. The Kier molecular flexibility index (Phi) is 8.35. The zero-order valence-electron chi connectivity index (χ0n) is 36.8. The van der Waals surface area contributed by atoms with Crippen molar-refractivity contribution >= 4 is 21.9 Å². The monoisotopic (exact) mass is 844 g/mol. The van der Waals surface area contributed by atoms with Crippen molar-refractivity contribution in [3.63, 3.8) is 0 Å². The van der Waals surface area contributed by atoms with E-state index in [4.69, 9.17) is 19.4 Å². The van der Waals surface area contributed by atoms with Crippen LogP contribution < -0.4 is 0 Å². The molecule has 0 N–H and O–H groups in total. The average molecular weight is 845 g/mol. The van der Waals surface area contributed by atoms with Gasteiger partial charge in [0, 0.05) is 21.9 Å². The number of fused-ring (bicyclic) bond motifs is 3. The largest absolute Gasteiger partial charge is 0.455 e. The van der Waals surface area contributed by atoms with Gasteiger partial charge in [-0.3, -0.25) is 0 Å². The van der Waals surface area contributed by atoms with E-state index in [0.29, 0.717) is 39.4 Å². The zero-order chi connectivity index (χ0) is 42.9. The van der Waals surface area contributed by atoms with Crippen LogP contribution in [-0.2, 0) is 10.8 Å². The number of hydrogen-bond donors (Lipinski definition) is 0. The topological polar surface area (TPSA) is 75.6 Å². The Bertz CT molecular complexity index is 2990. The molecular weight excluding hydrogens is 793 g/mol. The van der Waals surface area contributed by atoms with Crippen molar-refractivity contribution in [1.29, 1.82) is 5.26 Å². The number of aromatic nitrogens is 3. The summed E-state index contributed by atoms with van der Waals surface area (Å²) in [6.07, 6.45) is 17.1. The minimum absolute atomic E-state index is 0.400. The summed E-state index contributed by atoms with van der Waals surface area (Å²) in [4.78, 5) is 15.5. The molecule has 8 fully saturated rings. The summed E-state index contributed by atoms with van der Waals surface area (Å²) in [7, 11) is 0.